The second-order valence-electron chi connectivity index (χ2n) is 4.95. The molecule has 0 radical (unpaired) electrons. The van der Waals surface area contributed by atoms with Gasteiger partial charge in [0.1, 0.15) is 6.61 Å². The van der Waals surface area contributed by atoms with Gasteiger partial charge in [0.25, 0.3) is 0 Å². The average Bonchev–Trinajstić information content (AvgIpc) is 2.48. The first-order chi connectivity index (χ1) is 10.4. The molecule has 1 N–H and O–H groups in total. The Kier molecular flexibility index (Phi) is 5.15. The van der Waals surface area contributed by atoms with Gasteiger partial charge >= 0.3 is 0 Å². The van der Waals surface area contributed by atoms with Crippen molar-refractivity contribution < 1.29 is 17.5 Å². The van der Waals surface area contributed by atoms with Gasteiger partial charge in [0, 0.05) is 6.54 Å². The van der Waals surface area contributed by atoms with E-state index in [1.807, 2.05) is 13.0 Å². The highest BCUT2D eigenvalue weighted by molar-refractivity contribution is 7.89. The van der Waals surface area contributed by atoms with Gasteiger partial charge in [0.15, 0.2) is 11.6 Å². The van der Waals surface area contributed by atoms with Crippen molar-refractivity contribution in [1.82, 2.24) is 4.72 Å². The predicted octanol–water partition coefficient (Wildman–Crippen LogP) is 2.80. The maximum Gasteiger partial charge on any atom is 0.240 e. The lowest BCUT2D eigenvalue weighted by molar-refractivity contribution is 0.306. The van der Waals surface area contributed by atoms with Crippen LogP contribution in [0.4, 0.5) is 4.39 Å². The van der Waals surface area contributed by atoms with Gasteiger partial charge in [-0.1, -0.05) is 24.3 Å². The van der Waals surface area contributed by atoms with Crippen molar-refractivity contribution in [2.24, 2.45) is 0 Å². The largest absolute Gasteiger partial charge is 0.489 e. The molecule has 2 aromatic carbocycles. The smallest absolute Gasteiger partial charge is 0.240 e. The molecule has 22 heavy (non-hydrogen) atoms. The van der Waals surface area contributed by atoms with E-state index >= 15 is 0 Å². The van der Waals surface area contributed by atoms with Gasteiger partial charge in [-0.15, -0.1) is 0 Å². The van der Waals surface area contributed by atoms with Crippen LogP contribution in [0.15, 0.2) is 47.4 Å². The molecule has 0 unspecified atom stereocenters. The van der Waals surface area contributed by atoms with Crippen molar-refractivity contribution in [3.63, 3.8) is 0 Å². The lowest BCUT2D eigenvalue weighted by Gasteiger charge is -2.11. The molecular formula is C16H18FNO3S. The Labute approximate surface area is 130 Å². The molecule has 0 aliphatic rings. The second kappa shape index (κ2) is 6.89. The normalized spacial score (nSPS) is 11.4. The maximum atomic E-state index is 13.3. The minimum absolute atomic E-state index is 0.0467. The minimum Gasteiger partial charge on any atom is -0.489 e. The lowest BCUT2D eigenvalue weighted by Crippen LogP contribution is -2.29. The lowest BCUT2D eigenvalue weighted by atomic mass is 10.2. The van der Waals surface area contributed by atoms with E-state index in [-0.39, 0.29) is 23.8 Å². The van der Waals surface area contributed by atoms with Crippen LogP contribution in [0, 0.1) is 19.7 Å². The van der Waals surface area contributed by atoms with Gasteiger partial charge < -0.3 is 4.74 Å². The highest BCUT2D eigenvalue weighted by Gasteiger charge is 2.16. The summed E-state index contributed by atoms with van der Waals surface area (Å²) in [6.07, 6.45) is 0. The molecule has 0 fully saturated rings. The SMILES string of the molecule is Cc1ccc(C)c(S(=O)(=O)NCCOc2ccccc2F)c1. The van der Waals surface area contributed by atoms with Crippen molar-refractivity contribution in [2.45, 2.75) is 18.7 Å². The van der Waals surface area contributed by atoms with Crippen LogP contribution in [0.25, 0.3) is 0 Å². The molecule has 4 nitrogen and oxygen atoms in total. The zero-order chi connectivity index (χ0) is 16.2. The molecule has 0 spiro atoms. The number of hydrogen-bond donors (Lipinski definition) is 1. The number of nitrogens with one attached hydrogen (secondary N) is 1. The van der Waals surface area contributed by atoms with E-state index in [0.717, 1.165) is 5.56 Å². The van der Waals surface area contributed by atoms with E-state index in [1.54, 1.807) is 31.2 Å². The monoisotopic (exact) mass is 323 g/mol. The molecule has 0 atom stereocenters. The van der Waals surface area contributed by atoms with Crippen LogP contribution in [0.5, 0.6) is 5.75 Å². The van der Waals surface area contributed by atoms with E-state index in [4.69, 9.17) is 4.74 Å². The number of sulfonamides is 1. The third-order valence-electron chi connectivity index (χ3n) is 3.12. The molecule has 0 bridgehead atoms. The fourth-order valence-corrected chi connectivity index (χ4v) is 3.31. The molecule has 0 amide bonds. The zero-order valence-corrected chi connectivity index (χ0v) is 13.3. The van der Waals surface area contributed by atoms with Gasteiger partial charge in [0.05, 0.1) is 4.90 Å². The number of ether oxygens (including phenoxy) is 1. The molecule has 0 saturated carbocycles. The molecule has 0 aliphatic carbocycles. The first-order valence-corrected chi connectivity index (χ1v) is 8.33. The highest BCUT2D eigenvalue weighted by Crippen LogP contribution is 2.17. The van der Waals surface area contributed by atoms with E-state index < -0.39 is 15.8 Å². The Morgan fingerprint density at radius 2 is 1.86 bits per heavy atom. The summed E-state index contributed by atoms with van der Waals surface area (Å²) in [5, 5.41) is 0. The Morgan fingerprint density at radius 3 is 2.59 bits per heavy atom. The topological polar surface area (TPSA) is 55.4 Å². The third-order valence-corrected chi connectivity index (χ3v) is 4.72. The first kappa shape index (κ1) is 16.5. The molecule has 0 heterocycles. The second-order valence-corrected chi connectivity index (χ2v) is 6.68. The van der Waals surface area contributed by atoms with Crippen LogP contribution in [-0.2, 0) is 10.0 Å². The van der Waals surface area contributed by atoms with Gasteiger partial charge in [-0.25, -0.2) is 17.5 Å². The summed E-state index contributed by atoms with van der Waals surface area (Å²) in [7, 11) is -3.60. The van der Waals surface area contributed by atoms with Crippen LogP contribution in [-0.4, -0.2) is 21.6 Å². The quantitative estimate of drug-likeness (QED) is 0.832. The highest BCUT2D eigenvalue weighted by atomic mass is 32.2. The summed E-state index contributed by atoms with van der Waals surface area (Å²) in [5.74, 6) is -0.367. The number of benzene rings is 2. The predicted molar refractivity (Wildman–Crippen MR) is 83.0 cm³/mol. The van der Waals surface area contributed by atoms with Crippen LogP contribution < -0.4 is 9.46 Å². The summed E-state index contributed by atoms with van der Waals surface area (Å²) in [5.41, 5.74) is 1.54. The van der Waals surface area contributed by atoms with Crippen LogP contribution in [0.1, 0.15) is 11.1 Å². The number of rotatable bonds is 6. The first-order valence-electron chi connectivity index (χ1n) is 6.84. The van der Waals surface area contributed by atoms with Crippen LogP contribution in [0.3, 0.4) is 0 Å². The Balaban J connectivity index is 1.96. The number of halogens is 1. The van der Waals surface area contributed by atoms with Gasteiger partial charge in [-0.2, -0.15) is 0 Å². The summed E-state index contributed by atoms with van der Waals surface area (Å²) < 4.78 is 45.5. The standard InChI is InChI=1S/C16H18FNO3S/c1-12-7-8-13(2)16(11-12)22(19,20)18-9-10-21-15-6-4-3-5-14(15)17/h3-8,11,18H,9-10H2,1-2H3. The molecule has 2 rings (SSSR count). The van der Waals surface area contributed by atoms with Crippen molar-refractivity contribution >= 4 is 10.0 Å². The van der Waals surface area contributed by atoms with Crippen LogP contribution in [0.2, 0.25) is 0 Å². The summed E-state index contributed by atoms with van der Waals surface area (Å²) in [6.45, 7) is 3.68. The molecule has 118 valence electrons. The Morgan fingerprint density at radius 1 is 1.14 bits per heavy atom. The fourth-order valence-electron chi connectivity index (χ4n) is 1.97. The fraction of sp³-hybridized carbons (Fsp3) is 0.250. The minimum atomic E-state index is -3.60. The summed E-state index contributed by atoms with van der Waals surface area (Å²) in [4.78, 5) is 0.249. The molecule has 0 aliphatic heterocycles. The summed E-state index contributed by atoms with van der Waals surface area (Å²) in [6, 6.07) is 11.2. The Bertz CT molecular complexity index is 760. The zero-order valence-electron chi connectivity index (χ0n) is 12.5. The number of aryl methyl sites for hydroxylation is 2. The maximum absolute atomic E-state index is 13.3. The molecular weight excluding hydrogens is 305 g/mol. The molecule has 6 heteroatoms. The van der Waals surface area contributed by atoms with Crippen LogP contribution >= 0.6 is 0 Å². The van der Waals surface area contributed by atoms with E-state index in [9.17, 15) is 12.8 Å². The number of hydrogen-bond acceptors (Lipinski definition) is 3. The molecule has 0 aromatic heterocycles. The number of para-hydroxylation sites is 1. The summed E-state index contributed by atoms with van der Waals surface area (Å²) >= 11 is 0. The van der Waals surface area contributed by atoms with Gasteiger partial charge in [0.2, 0.25) is 10.0 Å². The average molecular weight is 323 g/mol. The van der Waals surface area contributed by atoms with E-state index in [1.165, 1.54) is 12.1 Å². The van der Waals surface area contributed by atoms with Gasteiger partial charge in [-0.3, -0.25) is 0 Å². The van der Waals surface area contributed by atoms with Gasteiger partial charge in [-0.05, 0) is 43.2 Å². The van der Waals surface area contributed by atoms with Crippen molar-refractivity contribution in [3.05, 3.63) is 59.4 Å². The Hall–Kier alpha value is -1.92. The molecule has 0 saturated heterocycles. The molecule has 2 aromatic rings. The van der Waals surface area contributed by atoms with Crippen molar-refractivity contribution in [2.75, 3.05) is 13.2 Å². The van der Waals surface area contributed by atoms with Crippen molar-refractivity contribution in [1.29, 1.82) is 0 Å². The van der Waals surface area contributed by atoms with E-state index in [2.05, 4.69) is 4.72 Å². The van der Waals surface area contributed by atoms with E-state index in [0.29, 0.717) is 5.56 Å². The third kappa shape index (κ3) is 4.05. The van der Waals surface area contributed by atoms with Crippen molar-refractivity contribution in [3.8, 4) is 5.75 Å².